The Bertz CT molecular complexity index is 787. The summed E-state index contributed by atoms with van der Waals surface area (Å²) in [5.74, 6) is 4.30. The van der Waals surface area contributed by atoms with Gasteiger partial charge in [-0.05, 0) is 25.0 Å². The number of methoxy groups -OCH3 is 2. The summed E-state index contributed by atoms with van der Waals surface area (Å²) < 4.78 is 12.9. The van der Waals surface area contributed by atoms with Gasteiger partial charge >= 0.3 is 0 Å². The molecule has 146 valence electrons. The van der Waals surface area contributed by atoms with E-state index in [4.69, 9.17) is 9.47 Å². The van der Waals surface area contributed by atoms with E-state index in [0.717, 1.165) is 41.7 Å². The van der Waals surface area contributed by atoms with E-state index in [1.54, 1.807) is 21.3 Å². The maximum atomic E-state index is 5.44. The maximum Gasteiger partial charge on any atom is 0.191 e. The Morgan fingerprint density at radius 2 is 1.96 bits per heavy atom. The van der Waals surface area contributed by atoms with Crippen LogP contribution in [0.4, 0.5) is 0 Å². The molecule has 1 aromatic carbocycles. The van der Waals surface area contributed by atoms with Crippen LogP contribution in [0, 0.1) is 0 Å². The van der Waals surface area contributed by atoms with Crippen molar-refractivity contribution >= 4 is 5.96 Å². The van der Waals surface area contributed by atoms with Crippen LogP contribution >= 0.6 is 0 Å². The molecule has 0 fully saturated rings. The number of ether oxygens (including phenoxy) is 2. The number of hydrogen-bond acceptors (Lipinski definition) is 5. The third-order valence-electron chi connectivity index (χ3n) is 4.76. The molecule has 0 saturated carbocycles. The summed E-state index contributed by atoms with van der Waals surface area (Å²) in [4.78, 5) is 4.29. The minimum absolute atomic E-state index is 0.588. The van der Waals surface area contributed by atoms with Crippen molar-refractivity contribution in [1.82, 2.24) is 25.4 Å². The van der Waals surface area contributed by atoms with E-state index < -0.39 is 0 Å². The summed E-state index contributed by atoms with van der Waals surface area (Å²) in [6, 6.07) is 5.77. The smallest absolute Gasteiger partial charge is 0.191 e. The highest BCUT2D eigenvalue weighted by molar-refractivity contribution is 5.79. The van der Waals surface area contributed by atoms with Crippen LogP contribution < -0.4 is 20.1 Å². The molecule has 2 N–H and O–H groups in total. The molecule has 0 spiro atoms. The van der Waals surface area contributed by atoms with Crippen LogP contribution in [0.2, 0.25) is 0 Å². The molecule has 1 aromatic heterocycles. The van der Waals surface area contributed by atoms with Crippen molar-refractivity contribution < 1.29 is 9.47 Å². The molecule has 1 aliphatic rings. The fourth-order valence-electron chi connectivity index (χ4n) is 3.24. The average molecular weight is 372 g/mol. The van der Waals surface area contributed by atoms with Crippen LogP contribution in [0.3, 0.4) is 0 Å². The molecule has 8 heteroatoms. The molecule has 2 aromatic rings. The van der Waals surface area contributed by atoms with Gasteiger partial charge in [-0.25, -0.2) is 0 Å². The van der Waals surface area contributed by atoms with Gasteiger partial charge in [0.25, 0.3) is 0 Å². The molecule has 3 rings (SSSR count). The van der Waals surface area contributed by atoms with Gasteiger partial charge in [0, 0.05) is 38.2 Å². The zero-order chi connectivity index (χ0) is 19.1. The van der Waals surface area contributed by atoms with Crippen LogP contribution in [0.15, 0.2) is 23.2 Å². The largest absolute Gasteiger partial charge is 0.497 e. The molecule has 0 aliphatic carbocycles. The third-order valence-corrected chi connectivity index (χ3v) is 4.76. The first-order valence-corrected chi connectivity index (χ1v) is 9.31. The summed E-state index contributed by atoms with van der Waals surface area (Å²) in [5, 5.41) is 15.3. The van der Waals surface area contributed by atoms with Crippen molar-refractivity contribution in [2.24, 2.45) is 4.99 Å². The summed E-state index contributed by atoms with van der Waals surface area (Å²) in [7, 11) is 5.05. The van der Waals surface area contributed by atoms with Crippen molar-refractivity contribution in [1.29, 1.82) is 0 Å². The fourth-order valence-corrected chi connectivity index (χ4v) is 3.24. The Morgan fingerprint density at radius 1 is 1.11 bits per heavy atom. The second-order valence-corrected chi connectivity index (χ2v) is 6.45. The van der Waals surface area contributed by atoms with E-state index in [9.17, 15) is 0 Å². The normalized spacial score (nSPS) is 14.3. The molecular formula is C19H28N6O2. The molecule has 8 nitrogen and oxygen atoms in total. The van der Waals surface area contributed by atoms with Crippen LogP contribution in [0.5, 0.6) is 11.5 Å². The first-order valence-electron chi connectivity index (χ1n) is 9.31. The lowest BCUT2D eigenvalue weighted by atomic mass is 10.2. The second-order valence-electron chi connectivity index (χ2n) is 6.45. The number of benzene rings is 1. The number of nitrogens with zero attached hydrogens (tertiary/aromatic N) is 4. The van der Waals surface area contributed by atoms with E-state index in [1.807, 2.05) is 18.2 Å². The van der Waals surface area contributed by atoms with E-state index in [-0.39, 0.29) is 0 Å². The average Bonchev–Trinajstić information content (AvgIpc) is 2.94. The Hall–Kier alpha value is -2.77. The van der Waals surface area contributed by atoms with Crippen molar-refractivity contribution in [2.75, 3.05) is 21.3 Å². The van der Waals surface area contributed by atoms with Gasteiger partial charge in [0.1, 0.15) is 17.3 Å². The third kappa shape index (κ3) is 4.69. The fraction of sp³-hybridized carbons (Fsp3) is 0.526. The number of hydrogen-bond donors (Lipinski definition) is 2. The van der Waals surface area contributed by atoms with Crippen LogP contribution in [0.25, 0.3) is 0 Å². The van der Waals surface area contributed by atoms with Crippen molar-refractivity contribution in [3.05, 3.63) is 35.4 Å². The maximum absolute atomic E-state index is 5.44. The van der Waals surface area contributed by atoms with Gasteiger partial charge in [0.15, 0.2) is 11.8 Å². The summed E-state index contributed by atoms with van der Waals surface area (Å²) in [6.45, 7) is 2.17. The molecule has 0 bridgehead atoms. The van der Waals surface area contributed by atoms with Gasteiger partial charge in [-0.15, -0.1) is 10.2 Å². The van der Waals surface area contributed by atoms with Gasteiger partial charge in [-0.1, -0.05) is 6.42 Å². The molecular weight excluding hydrogens is 344 g/mol. The van der Waals surface area contributed by atoms with E-state index >= 15 is 0 Å². The Balaban J connectivity index is 1.58. The zero-order valence-electron chi connectivity index (χ0n) is 16.3. The van der Waals surface area contributed by atoms with Gasteiger partial charge in [0.05, 0.1) is 20.8 Å². The Kier molecular flexibility index (Phi) is 6.51. The quantitative estimate of drug-likeness (QED) is 0.595. The number of aliphatic imine (C=N–C) groups is 1. The molecule has 2 heterocycles. The van der Waals surface area contributed by atoms with Gasteiger partial charge in [-0.2, -0.15) is 0 Å². The monoisotopic (exact) mass is 372 g/mol. The highest BCUT2D eigenvalue weighted by atomic mass is 16.5. The molecule has 0 saturated heterocycles. The van der Waals surface area contributed by atoms with Crippen LogP contribution in [0.1, 0.15) is 36.5 Å². The van der Waals surface area contributed by atoms with Gasteiger partial charge in [0.2, 0.25) is 0 Å². The number of nitrogens with one attached hydrogen (secondary N) is 2. The zero-order valence-corrected chi connectivity index (χ0v) is 16.3. The molecule has 0 atom stereocenters. The van der Waals surface area contributed by atoms with Gasteiger partial charge in [-0.3, -0.25) is 4.99 Å². The predicted molar refractivity (Wildman–Crippen MR) is 104 cm³/mol. The summed E-state index contributed by atoms with van der Waals surface area (Å²) >= 11 is 0. The number of fused-ring (bicyclic) bond motifs is 1. The number of aryl methyl sites for hydroxylation is 1. The van der Waals surface area contributed by atoms with Crippen molar-refractivity contribution in [3.8, 4) is 11.5 Å². The SMILES string of the molecule is CN=C(NCc1ccc(OC)cc1OC)NCc1nnc2n1CCCCC2. The molecule has 27 heavy (non-hydrogen) atoms. The lowest BCUT2D eigenvalue weighted by Gasteiger charge is -2.15. The topological polar surface area (TPSA) is 85.6 Å². The first kappa shape index (κ1) is 19.0. The Morgan fingerprint density at radius 3 is 2.74 bits per heavy atom. The molecule has 0 radical (unpaired) electrons. The lowest BCUT2D eigenvalue weighted by molar-refractivity contribution is 0.390. The van der Waals surface area contributed by atoms with Gasteiger partial charge < -0.3 is 24.7 Å². The second kappa shape index (κ2) is 9.25. The predicted octanol–water partition coefficient (Wildman–Crippen LogP) is 1.89. The van der Waals surface area contributed by atoms with Crippen LogP contribution in [-0.2, 0) is 26.1 Å². The molecule has 0 unspecified atom stereocenters. The van der Waals surface area contributed by atoms with Crippen molar-refractivity contribution in [3.63, 3.8) is 0 Å². The summed E-state index contributed by atoms with van der Waals surface area (Å²) in [5.41, 5.74) is 1.03. The minimum Gasteiger partial charge on any atom is -0.497 e. The number of guanidine groups is 1. The first-order chi connectivity index (χ1) is 13.2. The van der Waals surface area contributed by atoms with Crippen LogP contribution in [-0.4, -0.2) is 42.0 Å². The highest BCUT2D eigenvalue weighted by Crippen LogP contribution is 2.24. The number of aromatic nitrogens is 3. The van der Waals surface area contributed by atoms with Crippen molar-refractivity contribution in [2.45, 2.75) is 45.3 Å². The highest BCUT2D eigenvalue weighted by Gasteiger charge is 2.14. The summed E-state index contributed by atoms with van der Waals surface area (Å²) in [6.07, 6.45) is 4.64. The Labute approximate surface area is 160 Å². The van der Waals surface area contributed by atoms with E-state index in [1.165, 1.54) is 19.3 Å². The van der Waals surface area contributed by atoms with E-state index in [0.29, 0.717) is 19.0 Å². The lowest BCUT2D eigenvalue weighted by Crippen LogP contribution is -2.37. The molecule has 0 amide bonds. The standard InChI is InChI=1S/C19H28N6O2/c1-20-19(21-12-14-8-9-15(26-2)11-16(14)27-3)22-13-18-24-23-17-7-5-4-6-10-25(17)18/h8-9,11H,4-7,10,12-13H2,1-3H3,(H2,20,21,22). The van der Waals surface area contributed by atoms with E-state index in [2.05, 4.69) is 30.4 Å². The molecule has 1 aliphatic heterocycles. The minimum atomic E-state index is 0.588. The number of rotatable bonds is 6.